The zero-order valence-corrected chi connectivity index (χ0v) is 12.2. The van der Waals surface area contributed by atoms with Crippen LogP contribution in [0.1, 0.15) is 15.9 Å². The number of hydrogen-bond donors (Lipinski definition) is 0. The number of ether oxygens (including phenoxy) is 1. The molecule has 2 nitrogen and oxygen atoms in total. The lowest BCUT2D eigenvalue weighted by molar-refractivity contribution is -0.0498. The van der Waals surface area contributed by atoms with E-state index in [1.54, 1.807) is 6.07 Å². The molecule has 0 N–H and O–H groups in total. The van der Waals surface area contributed by atoms with E-state index in [0.29, 0.717) is 11.1 Å². The van der Waals surface area contributed by atoms with Crippen molar-refractivity contribution < 1.29 is 22.7 Å². The highest BCUT2D eigenvalue weighted by Crippen LogP contribution is 2.22. The van der Waals surface area contributed by atoms with Crippen LogP contribution < -0.4 is 4.74 Å². The van der Waals surface area contributed by atoms with Gasteiger partial charge < -0.3 is 4.74 Å². The molecule has 0 radical (unpaired) electrons. The predicted octanol–water partition coefficient (Wildman–Crippen LogP) is 4.62. The van der Waals surface area contributed by atoms with Crippen molar-refractivity contribution in [2.45, 2.75) is 13.0 Å². The number of benzene rings is 2. The Morgan fingerprint density at radius 2 is 1.81 bits per heavy atom. The van der Waals surface area contributed by atoms with Crippen LogP contribution in [0.25, 0.3) is 0 Å². The molecule has 0 spiro atoms. The predicted molar refractivity (Wildman–Crippen MR) is 75.2 cm³/mol. The van der Waals surface area contributed by atoms with Crippen LogP contribution >= 0.6 is 15.9 Å². The average molecular weight is 359 g/mol. The van der Waals surface area contributed by atoms with Crippen LogP contribution in [-0.2, 0) is 6.42 Å². The molecule has 0 fully saturated rings. The lowest BCUT2D eigenvalue weighted by atomic mass is 10.0. The van der Waals surface area contributed by atoms with Crippen molar-refractivity contribution in [2.75, 3.05) is 0 Å². The molecule has 21 heavy (non-hydrogen) atoms. The van der Waals surface area contributed by atoms with Gasteiger partial charge in [0.1, 0.15) is 11.6 Å². The Morgan fingerprint density at radius 1 is 1.14 bits per heavy atom. The normalized spacial score (nSPS) is 10.7. The molecule has 110 valence electrons. The summed E-state index contributed by atoms with van der Waals surface area (Å²) in [7, 11) is 0. The second-order valence-electron chi connectivity index (χ2n) is 4.22. The molecule has 0 aliphatic carbocycles. The van der Waals surface area contributed by atoms with Gasteiger partial charge in [-0.05, 0) is 51.8 Å². The van der Waals surface area contributed by atoms with E-state index in [9.17, 15) is 18.0 Å². The van der Waals surface area contributed by atoms with Gasteiger partial charge in [-0.15, -0.1) is 0 Å². The smallest absolute Gasteiger partial charge is 0.387 e. The third kappa shape index (κ3) is 4.07. The van der Waals surface area contributed by atoms with E-state index in [0.717, 1.165) is 0 Å². The summed E-state index contributed by atoms with van der Waals surface area (Å²) in [5.74, 6) is -0.709. The first kappa shape index (κ1) is 15.6. The topological polar surface area (TPSA) is 26.3 Å². The van der Waals surface area contributed by atoms with Crippen molar-refractivity contribution in [2.24, 2.45) is 0 Å². The first-order valence-electron chi connectivity index (χ1n) is 5.98. The fraction of sp³-hybridized carbons (Fsp3) is 0.133. The van der Waals surface area contributed by atoms with Crippen molar-refractivity contribution in [3.8, 4) is 5.75 Å². The zero-order valence-electron chi connectivity index (χ0n) is 10.7. The Kier molecular flexibility index (Phi) is 5.01. The Bertz CT molecular complexity index is 642. The molecule has 2 rings (SSSR count). The minimum absolute atomic E-state index is 0.00734. The van der Waals surface area contributed by atoms with E-state index >= 15 is 0 Å². The van der Waals surface area contributed by atoms with Gasteiger partial charge in [0.2, 0.25) is 0 Å². The van der Waals surface area contributed by atoms with E-state index in [1.165, 1.54) is 36.4 Å². The SMILES string of the molecule is O=C(Cc1cccc(F)c1Br)c1ccc(OC(F)F)cc1. The maximum absolute atomic E-state index is 13.4. The zero-order chi connectivity index (χ0) is 15.4. The Balaban J connectivity index is 2.11. The van der Waals surface area contributed by atoms with E-state index in [1.807, 2.05) is 0 Å². The minimum atomic E-state index is -2.91. The fourth-order valence-corrected chi connectivity index (χ4v) is 2.19. The van der Waals surface area contributed by atoms with Crippen LogP contribution in [0.4, 0.5) is 13.2 Å². The molecule has 0 aliphatic rings. The van der Waals surface area contributed by atoms with Crippen molar-refractivity contribution in [3.05, 3.63) is 63.9 Å². The largest absolute Gasteiger partial charge is 0.435 e. The van der Waals surface area contributed by atoms with Gasteiger partial charge >= 0.3 is 6.61 Å². The monoisotopic (exact) mass is 358 g/mol. The number of carbonyl (C=O) groups is 1. The van der Waals surface area contributed by atoms with Crippen LogP contribution in [0.2, 0.25) is 0 Å². The summed E-state index contributed by atoms with van der Waals surface area (Å²) < 4.78 is 41.8. The summed E-state index contributed by atoms with van der Waals surface area (Å²) in [6, 6.07) is 9.82. The number of rotatable bonds is 5. The molecule has 6 heteroatoms. The molecule has 0 atom stereocenters. The van der Waals surface area contributed by atoms with Crippen molar-refractivity contribution in [3.63, 3.8) is 0 Å². The number of ketones is 1. The van der Waals surface area contributed by atoms with Crippen molar-refractivity contribution >= 4 is 21.7 Å². The summed E-state index contributed by atoms with van der Waals surface area (Å²) in [5.41, 5.74) is 0.862. The summed E-state index contributed by atoms with van der Waals surface area (Å²) in [6.07, 6.45) is 0.00734. The van der Waals surface area contributed by atoms with Gasteiger partial charge in [0.15, 0.2) is 5.78 Å². The summed E-state index contributed by atoms with van der Waals surface area (Å²) in [5, 5.41) is 0. The van der Waals surface area contributed by atoms with E-state index < -0.39 is 12.4 Å². The first-order chi connectivity index (χ1) is 9.97. The Morgan fingerprint density at radius 3 is 2.43 bits per heavy atom. The average Bonchev–Trinajstić information content (AvgIpc) is 2.44. The van der Waals surface area contributed by atoms with Crippen LogP contribution in [-0.4, -0.2) is 12.4 Å². The molecule has 0 aromatic heterocycles. The van der Waals surface area contributed by atoms with Gasteiger partial charge in [0.25, 0.3) is 0 Å². The van der Waals surface area contributed by atoms with Crippen molar-refractivity contribution in [1.82, 2.24) is 0 Å². The van der Waals surface area contributed by atoms with Gasteiger partial charge in [0.05, 0.1) is 4.47 Å². The number of Topliss-reactive ketones (excluding diaryl/α,β-unsaturated/α-hetero) is 1. The summed E-state index contributed by atoms with van der Waals surface area (Å²) in [4.78, 5) is 12.1. The summed E-state index contributed by atoms with van der Waals surface area (Å²) in [6.45, 7) is -2.91. The third-order valence-electron chi connectivity index (χ3n) is 2.78. The van der Waals surface area contributed by atoms with Gasteiger partial charge in [0, 0.05) is 12.0 Å². The van der Waals surface area contributed by atoms with Crippen LogP contribution in [0.15, 0.2) is 46.9 Å². The molecular formula is C15H10BrF3O2. The van der Waals surface area contributed by atoms with Crippen molar-refractivity contribution in [1.29, 1.82) is 0 Å². The van der Waals surface area contributed by atoms with E-state index in [4.69, 9.17) is 0 Å². The number of carbonyl (C=O) groups excluding carboxylic acids is 1. The lowest BCUT2D eigenvalue weighted by Gasteiger charge is -2.07. The second-order valence-corrected chi connectivity index (χ2v) is 5.01. The van der Waals surface area contributed by atoms with Crippen LogP contribution in [0.3, 0.4) is 0 Å². The van der Waals surface area contributed by atoms with E-state index in [-0.39, 0.29) is 22.4 Å². The Labute approximate surface area is 127 Å². The third-order valence-corrected chi connectivity index (χ3v) is 3.67. The molecule has 2 aromatic carbocycles. The lowest BCUT2D eigenvalue weighted by Crippen LogP contribution is -2.06. The van der Waals surface area contributed by atoms with Gasteiger partial charge in [-0.25, -0.2) is 4.39 Å². The molecule has 0 saturated heterocycles. The number of alkyl halides is 2. The number of hydrogen-bond acceptors (Lipinski definition) is 2. The molecule has 2 aromatic rings. The molecular weight excluding hydrogens is 349 g/mol. The van der Waals surface area contributed by atoms with Gasteiger partial charge in [-0.3, -0.25) is 4.79 Å². The molecule has 0 unspecified atom stereocenters. The molecule has 0 bridgehead atoms. The molecule has 0 saturated carbocycles. The fourth-order valence-electron chi connectivity index (χ4n) is 1.78. The first-order valence-corrected chi connectivity index (χ1v) is 6.77. The highest BCUT2D eigenvalue weighted by molar-refractivity contribution is 9.10. The molecule has 0 amide bonds. The standard InChI is InChI=1S/C15H10BrF3O2/c16-14-10(2-1-3-12(14)17)8-13(20)9-4-6-11(7-5-9)21-15(18)19/h1-7,15H,8H2. The summed E-state index contributed by atoms with van der Waals surface area (Å²) >= 11 is 3.09. The van der Waals surface area contributed by atoms with Gasteiger partial charge in [-0.2, -0.15) is 8.78 Å². The maximum atomic E-state index is 13.4. The second kappa shape index (κ2) is 6.76. The van der Waals surface area contributed by atoms with Gasteiger partial charge in [-0.1, -0.05) is 12.1 Å². The quantitative estimate of drug-likeness (QED) is 0.729. The molecule has 0 heterocycles. The number of halogens is 4. The molecule has 0 aliphatic heterocycles. The van der Waals surface area contributed by atoms with E-state index in [2.05, 4.69) is 20.7 Å². The van der Waals surface area contributed by atoms with Crippen LogP contribution in [0, 0.1) is 5.82 Å². The highest BCUT2D eigenvalue weighted by Gasteiger charge is 2.12. The highest BCUT2D eigenvalue weighted by atomic mass is 79.9. The maximum Gasteiger partial charge on any atom is 0.387 e. The minimum Gasteiger partial charge on any atom is -0.435 e. The Hall–Kier alpha value is -1.82. The van der Waals surface area contributed by atoms with Crippen LogP contribution in [0.5, 0.6) is 5.75 Å².